The molecule has 1 aromatic heterocycles. The number of halogens is 1. The van der Waals surface area contributed by atoms with Gasteiger partial charge >= 0.3 is 0 Å². The molecular weight excluding hydrogens is 405 g/mol. The Hall–Kier alpha value is -3.22. The molecule has 1 aliphatic carbocycles. The molecule has 2 N–H and O–H groups in total. The van der Waals surface area contributed by atoms with Crippen molar-refractivity contribution >= 4 is 28.6 Å². The van der Waals surface area contributed by atoms with Crippen LogP contribution < -0.4 is 15.5 Å². The highest BCUT2D eigenvalue weighted by Gasteiger charge is 2.26. The Morgan fingerprint density at radius 1 is 1.09 bits per heavy atom. The lowest BCUT2D eigenvalue weighted by Gasteiger charge is -2.28. The van der Waals surface area contributed by atoms with Gasteiger partial charge in [0.1, 0.15) is 11.6 Å². The number of amides is 1. The minimum atomic E-state index is -0.239. The van der Waals surface area contributed by atoms with Gasteiger partial charge in [0.15, 0.2) is 0 Å². The van der Waals surface area contributed by atoms with Crippen LogP contribution in [0.5, 0.6) is 0 Å². The summed E-state index contributed by atoms with van der Waals surface area (Å²) in [5, 5.41) is 7.46. The maximum absolute atomic E-state index is 13.7. The summed E-state index contributed by atoms with van der Waals surface area (Å²) in [7, 11) is 3.96. The van der Waals surface area contributed by atoms with E-state index in [9.17, 15) is 9.18 Å². The van der Waals surface area contributed by atoms with Gasteiger partial charge in [0.05, 0.1) is 5.52 Å². The summed E-state index contributed by atoms with van der Waals surface area (Å²) in [4.78, 5) is 24.0. The van der Waals surface area contributed by atoms with Crippen LogP contribution in [0.3, 0.4) is 0 Å². The van der Waals surface area contributed by atoms with E-state index in [1.54, 1.807) is 13.0 Å². The lowest BCUT2D eigenvalue weighted by atomic mass is 9.85. The Morgan fingerprint density at radius 2 is 1.84 bits per heavy atom. The van der Waals surface area contributed by atoms with Crippen LogP contribution in [-0.2, 0) is 11.3 Å². The summed E-state index contributed by atoms with van der Waals surface area (Å²) in [5.74, 6) is 1.30. The second-order valence-corrected chi connectivity index (χ2v) is 8.78. The van der Waals surface area contributed by atoms with Gasteiger partial charge in [-0.05, 0) is 61.9 Å². The zero-order valence-electron chi connectivity index (χ0n) is 18.9. The zero-order valence-corrected chi connectivity index (χ0v) is 18.9. The van der Waals surface area contributed by atoms with Gasteiger partial charge in [0, 0.05) is 38.0 Å². The molecule has 32 heavy (non-hydrogen) atoms. The van der Waals surface area contributed by atoms with E-state index < -0.39 is 0 Å². The van der Waals surface area contributed by atoms with E-state index in [1.807, 2.05) is 49.3 Å². The van der Waals surface area contributed by atoms with Gasteiger partial charge < -0.3 is 15.5 Å². The molecule has 1 fully saturated rings. The molecular formula is C25H30FN5O. The molecule has 4 rings (SSSR count). The number of benzene rings is 2. The Bertz CT molecular complexity index is 1110. The highest BCUT2D eigenvalue weighted by atomic mass is 19.1. The smallest absolute Gasteiger partial charge is 0.225 e. The number of hydrogen-bond acceptors (Lipinski definition) is 5. The second-order valence-electron chi connectivity index (χ2n) is 8.78. The maximum Gasteiger partial charge on any atom is 0.225 e. The first-order valence-electron chi connectivity index (χ1n) is 11.1. The van der Waals surface area contributed by atoms with Gasteiger partial charge in [-0.2, -0.15) is 4.98 Å². The lowest BCUT2D eigenvalue weighted by molar-refractivity contribution is -0.126. The predicted octanol–water partition coefficient (Wildman–Crippen LogP) is 4.43. The fourth-order valence-corrected chi connectivity index (χ4v) is 4.23. The number of fused-ring (bicyclic) bond motifs is 1. The van der Waals surface area contributed by atoms with E-state index >= 15 is 0 Å². The van der Waals surface area contributed by atoms with Crippen LogP contribution in [0.4, 0.5) is 16.2 Å². The third-order valence-corrected chi connectivity index (χ3v) is 6.14. The van der Waals surface area contributed by atoms with Crippen LogP contribution in [0.25, 0.3) is 10.9 Å². The predicted molar refractivity (Wildman–Crippen MR) is 126 cm³/mol. The van der Waals surface area contributed by atoms with Gasteiger partial charge in [-0.15, -0.1) is 0 Å². The summed E-state index contributed by atoms with van der Waals surface area (Å²) in [6.07, 6.45) is 3.37. The van der Waals surface area contributed by atoms with Crippen molar-refractivity contribution in [1.29, 1.82) is 0 Å². The zero-order chi connectivity index (χ0) is 22.7. The molecule has 0 unspecified atom stereocenters. The van der Waals surface area contributed by atoms with E-state index in [-0.39, 0.29) is 23.7 Å². The van der Waals surface area contributed by atoms with Crippen molar-refractivity contribution in [2.75, 3.05) is 24.3 Å². The van der Waals surface area contributed by atoms with Crippen LogP contribution in [0, 0.1) is 18.7 Å². The van der Waals surface area contributed by atoms with Crippen LogP contribution in [0.2, 0.25) is 0 Å². The number of anilines is 2. The molecule has 3 aromatic rings. The average molecular weight is 436 g/mol. The first-order valence-corrected chi connectivity index (χ1v) is 11.1. The number of nitrogens with zero attached hydrogens (tertiary/aromatic N) is 3. The minimum absolute atomic E-state index is 0.0156. The molecule has 1 heterocycles. The summed E-state index contributed by atoms with van der Waals surface area (Å²) < 4.78 is 13.7. The third-order valence-electron chi connectivity index (χ3n) is 6.14. The number of hydrogen-bond donors (Lipinski definition) is 2. The quantitative estimate of drug-likeness (QED) is 0.599. The number of carbonyl (C=O) groups excluding carboxylic acids is 1. The maximum atomic E-state index is 13.7. The lowest BCUT2D eigenvalue weighted by Crippen LogP contribution is -2.36. The van der Waals surface area contributed by atoms with Crippen molar-refractivity contribution in [3.8, 4) is 0 Å². The van der Waals surface area contributed by atoms with Crippen molar-refractivity contribution in [1.82, 2.24) is 15.3 Å². The van der Waals surface area contributed by atoms with Crippen molar-refractivity contribution in [3.63, 3.8) is 0 Å². The van der Waals surface area contributed by atoms with Crippen molar-refractivity contribution in [2.24, 2.45) is 5.92 Å². The average Bonchev–Trinajstić information content (AvgIpc) is 2.79. The first-order chi connectivity index (χ1) is 15.4. The summed E-state index contributed by atoms with van der Waals surface area (Å²) in [5.41, 5.74) is 2.30. The van der Waals surface area contributed by atoms with Crippen LogP contribution >= 0.6 is 0 Å². The number of rotatable bonds is 6. The van der Waals surface area contributed by atoms with Crippen LogP contribution in [0.15, 0.2) is 42.5 Å². The minimum Gasteiger partial charge on any atom is -0.362 e. The number of aryl methyl sites for hydroxylation is 1. The Labute approximate surface area is 188 Å². The van der Waals surface area contributed by atoms with Crippen molar-refractivity contribution < 1.29 is 9.18 Å². The van der Waals surface area contributed by atoms with E-state index in [4.69, 9.17) is 4.98 Å². The SMILES string of the molecule is Cc1ccc(CNC(=O)[C@H]2CC[C@@H](Nc3nc(N(C)C)c4ccccc4n3)CC2)cc1F. The summed E-state index contributed by atoms with van der Waals surface area (Å²) in [6, 6.07) is 13.3. The molecule has 0 radical (unpaired) electrons. The number of aromatic nitrogens is 2. The van der Waals surface area contributed by atoms with E-state index in [0.717, 1.165) is 48.0 Å². The van der Waals surface area contributed by atoms with E-state index in [2.05, 4.69) is 15.6 Å². The molecule has 1 amide bonds. The number of para-hydroxylation sites is 1. The number of carbonyl (C=O) groups is 1. The van der Waals surface area contributed by atoms with Gasteiger partial charge in [-0.25, -0.2) is 9.37 Å². The van der Waals surface area contributed by atoms with Crippen molar-refractivity contribution in [2.45, 2.75) is 45.2 Å². The Kier molecular flexibility index (Phi) is 6.53. The molecule has 6 nitrogen and oxygen atoms in total. The van der Waals surface area contributed by atoms with Crippen molar-refractivity contribution in [3.05, 3.63) is 59.4 Å². The molecule has 2 aromatic carbocycles. The molecule has 0 bridgehead atoms. The molecule has 0 saturated heterocycles. The van der Waals surface area contributed by atoms with E-state index in [0.29, 0.717) is 18.1 Å². The van der Waals surface area contributed by atoms with E-state index in [1.165, 1.54) is 6.07 Å². The first kappa shape index (κ1) is 22.0. The van der Waals surface area contributed by atoms with Gasteiger partial charge in [0.2, 0.25) is 11.9 Å². The van der Waals surface area contributed by atoms with Gasteiger partial charge in [-0.3, -0.25) is 4.79 Å². The van der Waals surface area contributed by atoms with Crippen LogP contribution in [0.1, 0.15) is 36.8 Å². The molecule has 168 valence electrons. The molecule has 1 saturated carbocycles. The fourth-order valence-electron chi connectivity index (χ4n) is 4.23. The summed E-state index contributed by atoms with van der Waals surface area (Å²) >= 11 is 0. The standard InChI is InChI=1S/C25H30FN5O/c1-16-8-9-17(14-21(16)26)15-27-24(32)18-10-12-19(13-11-18)28-25-29-22-7-5-4-6-20(22)23(30-25)31(2)3/h4-9,14,18-19H,10-13,15H2,1-3H3,(H,27,32)(H,28,29,30)/t18-,19+. The number of nitrogens with one attached hydrogen (secondary N) is 2. The third kappa shape index (κ3) is 4.98. The molecule has 1 aliphatic rings. The van der Waals surface area contributed by atoms with Gasteiger partial charge in [-0.1, -0.05) is 24.3 Å². The fraction of sp³-hybridized carbons (Fsp3) is 0.400. The summed E-state index contributed by atoms with van der Waals surface area (Å²) in [6.45, 7) is 2.08. The monoisotopic (exact) mass is 435 g/mol. The Morgan fingerprint density at radius 3 is 2.56 bits per heavy atom. The normalized spacial score (nSPS) is 18.4. The van der Waals surface area contributed by atoms with Crippen LogP contribution in [-0.4, -0.2) is 36.0 Å². The highest BCUT2D eigenvalue weighted by molar-refractivity contribution is 5.90. The Balaban J connectivity index is 1.33. The molecule has 7 heteroatoms. The molecule has 0 aliphatic heterocycles. The molecule has 0 atom stereocenters. The topological polar surface area (TPSA) is 70.2 Å². The second kappa shape index (κ2) is 9.51. The largest absolute Gasteiger partial charge is 0.362 e. The molecule has 0 spiro atoms. The van der Waals surface area contributed by atoms with Gasteiger partial charge in [0.25, 0.3) is 0 Å². The highest BCUT2D eigenvalue weighted by Crippen LogP contribution is 2.28.